The summed E-state index contributed by atoms with van der Waals surface area (Å²) in [6, 6.07) is 0. The van der Waals surface area contributed by atoms with Gasteiger partial charge in [-0.15, -0.1) is 0 Å². The topological polar surface area (TPSA) is 72.2 Å². The van der Waals surface area contributed by atoms with Crippen molar-refractivity contribution in [2.24, 2.45) is 5.92 Å². The van der Waals surface area contributed by atoms with Crippen molar-refractivity contribution in [1.29, 1.82) is 0 Å². The molecule has 0 aromatic carbocycles. The SMILES string of the molecule is O=S1(=O)CCC(Cc2ncc3n2CCC(O)C3)C1. The van der Waals surface area contributed by atoms with Crippen LogP contribution >= 0.6 is 0 Å². The Morgan fingerprint density at radius 2 is 2.28 bits per heavy atom. The number of hydrogen-bond acceptors (Lipinski definition) is 4. The maximum atomic E-state index is 11.4. The fourth-order valence-corrected chi connectivity index (χ4v) is 4.83. The molecule has 0 radical (unpaired) electrons. The van der Waals surface area contributed by atoms with E-state index in [-0.39, 0.29) is 12.0 Å². The molecule has 0 saturated carbocycles. The van der Waals surface area contributed by atoms with E-state index in [1.165, 1.54) is 0 Å². The summed E-state index contributed by atoms with van der Waals surface area (Å²) in [5.74, 6) is 1.83. The van der Waals surface area contributed by atoms with Crippen molar-refractivity contribution < 1.29 is 13.5 Å². The molecular weight excluding hydrogens is 252 g/mol. The third-order valence-electron chi connectivity index (χ3n) is 3.95. The molecule has 0 spiro atoms. The third kappa shape index (κ3) is 2.31. The average molecular weight is 270 g/mol. The standard InChI is InChI=1S/C12H18N2O3S/c15-11-1-3-14-10(6-11)7-13-12(14)5-9-2-4-18(16,17)8-9/h7,9,11,15H,1-6,8H2. The Morgan fingerprint density at radius 1 is 1.44 bits per heavy atom. The monoisotopic (exact) mass is 270 g/mol. The number of aliphatic hydroxyl groups is 1. The molecule has 6 heteroatoms. The lowest BCUT2D eigenvalue weighted by atomic mass is 10.0. The maximum absolute atomic E-state index is 11.4. The van der Waals surface area contributed by atoms with Crippen LogP contribution in [0.1, 0.15) is 24.4 Å². The van der Waals surface area contributed by atoms with E-state index in [1.807, 2.05) is 6.20 Å². The number of aromatic nitrogens is 2. The van der Waals surface area contributed by atoms with Crippen LogP contribution in [0.2, 0.25) is 0 Å². The Morgan fingerprint density at radius 3 is 3.00 bits per heavy atom. The van der Waals surface area contributed by atoms with E-state index < -0.39 is 9.84 Å². The Balaban J connectivity index is 1.75. The van der Waals surface area contributed by atoms with E-state index >= 15 is 0 Å². The maximum Gasteiger partial charge on any atom is 0.150 e. The summed E-state index contributed by atoms with van der Waals surface area (Å²) in [4.78, 5) is 4.40. The molecule has 1 fully saturated rings. The van der Waals surface area contributed by atoms with Crippen molar-refractivity contribution in [2.75, 3.05) is 11.5 Å². The van der Waals surface area contributed by atoms with Crippen molar-refractivity contribution in [3.8, 4) is 0 Å². The van der Waals surface area contributed by atoms with Crippen molar-refractivity contribution in [3.63, 3.8) is 0 Å². The average Bonchev–Trinajstić information content (AvgIpc) is 2.83. The summed E-state index contributed by atoms with van der Waals surface area (Å²) in [5.41, 5.74) is 1.07. The largest absolute Gasteiger partial charge is 0.393 e. The second-order valence-corrected chi connectivity index (χ2v) is 7.67. The van der Waals surface area contributed by atoms with Crippen LogP contribution in [0.3, 0.4) is 0 Å². The minimum atomic E-state index is -2.81. The van der Waals surface area contributed by atoms with Crippen molar-refractivity contribution in [3.05, 3.63) is 17.7 Å². The first-order chi connectivity index (χ1) is 8.53. The van der Waals surface area contributed by atoms with Gasteiger partial charge < -0.3 is 9.67 Å². The molecule has 2 aliphatic rings. The van der Waals surface area contributed by atoms with Crippen LogP contribution in [0.5, 0.6) is 0 Å². The minimum absolute atomic E-state index is 0.216. The molecule has 0 aliphatic carbocycles. The van der Waals surface area contributed by atoms with E-state index in [2.05, 4.69) is 9.55 Å². The smallest absolute Gasteiger partial charge is 0.150 e. The fourth-order valence-electron chi connectivity index (χ4n) is 2.97. The van der Waals surface area contributed by atoms with E-state index in [9.17, 15) is 13.5 Å². The molecule has 1 saturated heterocycles. The zero-order valence-corrected chi connectivity index (χ0v) is 11.1. The van der Waals surface area contributed by atoms with Gasteiger partial charge >= 0.3 is 0 Å². The molecule has 0 amide bonds. The highest BCUT2D eigenvalue weighted by molar-refractivity contribution is 7.91. The second kappa shape index (κ2) is 4.35. The lowest BCUT2D eigenvalue weighted by Crippen LogP contribution is -2.24. The molecule has 2 unspecified atom stereocenters. The number of imidazole rings is 1. The molecule has 2 atom stereocenters. The van der Waals surface area contributed by atoms with Gasteiger partial charge in [-0.05, 0) is 18.8 Å². The number of hydrogen-bond donors (Lipinski definition) is 1. The molecular formula is C12H18N2O3S. The van der Waals surface area contributed by atoms with Crippen LogP contribution in [-0.4, -0.2) is 40.7 Å². The Labute approximate surface area is 107 Å². The van der Waals surface area contributed by atoms with E-state index in [0.717, 1.165) is 37.3 Å². The van der Waals surface area contributed by atoms with Gasteiger partial charge in [-0.1, -0.05) is 0 Å². The first kappa shape index (κ1) is 12.2. The molecule has 3 heterocycles. The number of aliphatic hydroxyl groups excluding tert-OH is 1. The van der Waals surface area contributed by atoms with Gasteiger partial charge in [0.2, 0.25) is 0 Å². The number of nitrogens with zero attached hydrogens (tertiary/aromatic N) is 2. The van der Waals surface area contributed by atoms with Gasteiger partial charge in [0, 0.05) is 31.3 Å². The van der Waals surface area contributed by atoms with Gasteiger partial charge in [-0.25, -0.2) is 13.4 Å². The Hall–Kier alpha value is -0.880. The van der Waals surface area contributed by atoms with Crippen LogP contribution in [0.25, 0.3) is 0 Å². The molecule has 100 valence electrons. The van der Waals surface area contributed by atoms with E-state index in [1.54, 1.807) is 0 Å². The highest BCUT2D eigenvalue weighted by Crippen LogP contribution is 2.24. The molecule has 5 nitrogen and oxygen atoms in total. The van der Waals surface area contributed by atoms with Gasteiger partial charge in [-0.2, -0.15) is 0 Å². The molecule has 3 rings (SSSR count). The van der Waals surface area contributed by atoms with Crippen molar-refractivity contribution in [2.45, 2.75) is 38.3 Å². The summed E-state index contributed by atoms with van der Waals surface area (Å²) in [6.07, 6.45) is 4.49. The highest BCUT2D eigenvalue weighted by Gasteiger charge is 2.30. The van der Waals surface area contributed by atoms with Crippen molar-refractivity contribution >= 4 is 9.84 Å². The predicted molar refractivity (Wildman–Crippen MR) is 67.0 cm³/mol. The summed E-state index contributed by atoms with van der Waals surface area (Å²) in [5, 5.41) is 9.60. The first-order valence-corrected chi connectivity index (χ1v) is 8.27. The van der Waals surface area contributed by atoms with Gasteiger partial charge in [0.15, 0.2) is 9.84 Å². The molecule has 0 bridgehead atoms. The van der Waals surface area contributed by atoms with E-state index in [4.69, 9.17) is 0 Å². The van der Waals surface area contributed by atoms with Gasteiger partial charge in [0.1, 0.15) is 5.82 Å². The summed E-state index contributed by atoms with van der Waals surface area (Å²) >= 11 is 0. The highest BCUT2D eigenvalue weighted by atomic mass is 32.2. The molecule has 1 aromatic rings. The number of rotatable bonds is 2. The first-order valence-electron chi connectivity index (χ1n) is 6.45. The van der Waals surface area contributed by atoms with Crippen LogP contribution in [-0.2, 0) is 29.2 Å². The zero-order chi connectivity index (χ0) is 12.8. The zero-order valence-electron chi connectivity index (χ0n) is 10.2. The fraction of sp³-hybridized carbons (Fsp3) is 0.750. The van der Waals surface area contributed by atoms with Crippen LogP contribution < -0.4 is 0 Å². The third-order valence-corrected chi connectivity index (χ3v) is 5.79. The normalized spacial score (nSPS) is 30.3. The van der Waals surface area contributed by atoms with Crippen LogP contribution in [0.15, 0.2) is 6.20 Å². The number of sulfone groups is 1. The number of fused-ring (bicyclic) bond motifs is 1. The van der Waals surface area contributed by atoms with Gasteiger partial charge in [-0.3, -0.25) is 0 Å². The molecule has 1 N–H and O–H groups in total. The predicted octanol–water partition coefficient (Wildman–Crippen LogP) is 0.167. The van der Waals surface area contributed by atoms with Crippen LogP contribution in [0, 0.1) is 5.92 Å². The lowest BCUT2D eigenvalue weighted by molar-refractivity contribution is 0.142. The van der Waals surface area contributed by atoms with E-state index in [0.29, 0.717) is 17.9 Å². The summed E-state index contributed by atoms with van der Waals surface area (Å²) < 4.78 is 25.0. The summed E-state index contributed by atoms with van der Waals surface area (Å²) in [6.45, 7) is 0.797. The Kier molecular flexibility index (Phi) is 2.94. The van der Waals surface area contributed by atoms with Gasteiger partial charge in [0.05, 0.1) is 17.6 Å². The van der Waals surface area contributed by atoms with Crippen molar-refractivity contribution in [1.82, 2.24) is 9.55 Å². The summed E-state index contributed by atoms with van der Waals surface area (Å²) in [7, 11) is -2.81. The van der Waals surface area contributed by atoms with Crippen LogP contribution in [0.4, 0.5) is 0 Å². The molecule has 1 aromatic heterocycles. The Bertz CT molecular complexity index is 550. The lowest BCUT2D eigenvalue weighted by Gasteiger charge is -2.21. The quantitative estimate of drug-likeness (QED) is 0.831. The second-order valence-electron chi connectivity index (χ2n) is 5.44. The minimum Gasteiger partial charge on any atom is -0.393 e. The molecule has 18 heavy (non-hydrogen) atoms. The molecule has 2 aliphatic heterocycles. The van der Waals surface area contributed by atoms with Gasteiger partial charge in [0.25, 0.3) is 0 Å².